The maximum Gasteiger partial charge on any atom is 0.339 e. The molecule has 1 heterocycles. The molecule has 0 radical (unpaired) electrons. The van der Waals surface area contributed by atoms with Crippen molar-refractivity contribution in [2.24, 2.45) is 0 Å². The summed E-state index contributed by atoms with van der Waals surface area (Å²) < 4.78 is 5.22. The molecule has 1 rings (SSSR count). The lowest BCUT2D eigenvalue weighted by atomic mass is 10.1. The Kier molecular flexibility index (Phi) is 3.60. The lowest BCUT2D eigenvalue weighted by Gasteiger charge is -2.25. The van der Waals surface area contributed by atoms with Gasteiger partial charge in [0.15, 0.2) is 5.60 Å². The average Bonchev–Trinajstić information content (AvgIpc) is 2.28. The quantitative estimate of drug-likeness (QED) is 0.457. The highest BCUT2D eigenvalue weighted by Gasteiger charge is 2.28. The highest BCUT2D eigenvalue weighted by atomic mass is 16.6. The lowest BCUT2D eigenvalue weighted by Crippen LogP contribution is -2.43. The molecule has 0 saturated carbocycles. The van der Waals surface area contributed by atoms with E-state index in [1.165, 1.54) is 12.4 Å². The van der Waals surface area contributed by atoms with E-state index in [9.17, 15) is 4.79 Å². The maximum atomic E-state index is 11.7. The summed E-state index contributed by atoms with van der Waals surface area (Å²) in [7, 11) is 1.62. The van der Waals surface area contributed by atoms with Crippen LogP contribution in [0.4, 0.5) is 0 Å². The molecule has 0 unspecified atom stereocenters. The maximum absolute atomic E-state index is 11.7. The third kappa shape index (κ3) is 2.79. The van der Waals surface area contributed by atoms with Crippen molar-refractivity contribution in [2.75, 3.05) is 7.05 Å². The number of likely N-dealkylation sites (N-methyl/N-ethyl adjacent to an activating group) is 1. The van der Waals surface area contributed by atoms with Gasteiger partial charge in [0.1, 0.15) is 5.84 Å². The molecule has 0 aliphatic carbocycles. The van der Waals surface area contributed by atoms with E-state index in [-0.39, 0.29) is 5.84 Å². The van der Waals surface area contributed by atoms with Gasteiger partial charge in [-0.3, -0.25) is 10.4 Å². The third-order valence-electron chi connectivity index (χ3n) is 2.12. The molecule has 0 saturated heterocycles. The number of carbonyl (C=O) groups is 1. The first-order chi connectivity index (χ1) is 7.47. The Bertz CT molecular complexity index is 387. The topological polar surface area (TPSA) is 75.1 Å². The van der Waals surface area contributed by atoms with Crippen LogP contribution in [-0.2, 0) is 4.74 Å². The molecule has 86 valence electrons. The molecule has 0 amide bonds. The van der Waals surface area contributed by atoms with Gasteiger partial charge in [0.2, 0.25) is 0 Å². The van der Waals surface area contributed by atoms with E-state index in [0.717, 1.165) is 0 Å². The summed E-state index contributed by atoms with van der Waals surface area (Å²) in [6, 6.07) is 3.14. The summed E-state index contributed by atoms with van der Waals surface area (Å²) in [5.41, 5.74) is -0.540. The van der Waals surface area contributed by atoms with Crippen molar-refractivity contribution < 1.29 is 9.53 Å². The zero-order valence-electron chi connectivity index (χ0n) is 9.57. The van der Waals surface area contributed by atoms with Crippen molar-refractivity contribution in [1.82, 2.24) is 10.3 Å². The van der Waals surface area contributed by atoms with E-state index < -0.39 is 11.6 Å². The van der Waals surface area contributed by atoms with Gasteiger partial charge in [0.25, 0.3) is 0 Å². The molecule has 2 N–H and O–H groups in total. The number of aromatic nitrogens is 1. The molecule has 1 aromatic heterocycles. The van der Waals surface area contributed by atoms with Gasteiger partial charge < -0.3 is 10.1 Å². The van der Waals surface area contributed by atoms with E-state index in [0.29, 0.717) is 5.56 Å². The summed E-state index contributed by atoms with van der Waals surface area (Å²) in [6.07, 6.45) is 3.04. The molecule has 5 heteroatoms. The van der Waals surface area contributed by atoms with Crippen LogP contribution in [-0.4, -0.2) is 29.4 Å². The summed E-state index contributed by atoms with van der Waals surface area (Å²) in [5.74, 6) is -0.317. The van der Waals surface area contributed by atoms with Crippen LogP contribution in [0.5, 0.6) is 0 Å². The van der Waals surface area contributed by atoms with Gasteiger partial charge in [-0.25, -0.2) is 4.79 Å². The minimum atomic E-state index is -0.963. The predicted octanol–water partition coefficient (Wildman–Crippen LogP) is 1.21. The molecule has 0 spiro atoms. The zero-order chi connectivity index (χ0) is 12.2. The van der Waals surface area contributed by atoms with Crippen molar-refractivity contribution >= 4 is 11.8 Å². The standard InChI is InChI=1S/C11H15N3O2/c1-11(2,10(12)13-3)16-9(15)8-4-6-14-7-5-8/h4-7H,1-3H3,(H2,12,13). The second kappa shape index (κ2) is 4.74. The van der Waals surface area contributed by atoms with Gasteiger partial charge in [0, 0.05) is 19.4 Å². The average molecular weight is 221 g/mol. The van der Waals surface area contributed by atoms with E-state index in [1.54, 1.807) is 33.0 Å². The second-order valence-corrected chi connectivity index (χ2v) is 3.76. The lowest BCUT2D eigenvalue weighted by molar-refractivity contribution is 0.0222. The van der Waals surface area contributed by atoms with Crippen LogP contribution in [0.3, 0.4) is 0 Å². The fraction of sp³-hybridized carbons (Fsp3) is 0.364. The normalized spacial score (nSPS) is 10.7. The number of ether oxygens (including phenoxy) is 1. The number of amidine groups is 1. The molecule has 16 heavy (non-hydrogen) atoms. The monoisotopic (exact) mass is 221 g/mol. The van der Waals surface area contributed by atoms with Gasteiger partial charge in [-0.1, -0.05) is 0 Å². The fourth-order valence-electron chi connectivity index (χ4n) is 1.13. The number of rotatable bonds is 3. The molecule has 0 atom stereocenters. The van der Waals surface area contributed by atoms with Crippen LogP contribution >= 0.6 is 0 Å². The smallest absolute Gasteiger partial charge is 0.339 e. The number of hydrogen-bond acceptors (Lipinski definition) is 4. The van der Waals surface area contributed by atoms with Crippen LogP contribution in [0.25, 0.3) is 0 Å². The molecular weight excluding hydrogens is 206 g/mol. The number of nitrogens with one attached hydrogen (secondary N) is 2. The van der Waals surface area contributed by atoms with E-state index >= 15 is 0 Å². The third-order valence-corrected chi connectivity index (χ3v) is 2.12. The molecule has 5 nitrogen and oxygen atoms in total. The highest BCUT2D eigenvalue weighted by Crippen LogP contribution is 2.13. The van der Waals surface area contributed by atoms with Crippen LogP contribution in [0, 0.1) is 5.41 Å². The Hall–Kier alpha value is -1.91. The van der Waals surface area contributed by atoms with Gasteiger partial charge >= 0.3 is 5.97 Å². The molecule has 1 aromatic rings. The Morgan fingerprint density at radius 3 is 2.50 bits per heavy atom. The van der Waals surface area contributed by atoms with Crippen LogP contribution in [0.2, 0.25) is 0 Å². The second-order valence-electron chi connectivity index (χ2n) is 3.76. The van der Waals surface area contributed by atoms with Crippen molar-refractivity contribution in [3.8, 4) is 0 Å². The number of carbonyl (C=O) groups excluding carboxylic acids is 1. The van der Waals surface area contributed by atoms with Gasteiger partial charge in [-0.15, -0.1) is 0 Å². The number of nitrogens with zero attached hydrogens (tertiary/aromatic N) is 1. The van der Waals surface area contributed by atoms with Crippen molar-refractivity contribution in [3.63, 3.8) is 0 Å². The minimum absolute atomic E-state index is 0.148. The summed E-state index contributed by atoms with van der Waals surface area (Å²) in [4.78, 5) is 15.5. The molecule has 0 bridgehead atoms. The molecular formula is C11H15N3O2. The Labute approximate surface area is 94.4 Å². The first-order valence-electron chi connectivity index (χ1n) is 4.87. The summed E-state index contributed by atoms with van der Waals surface area (Å²) in [5, 5.41) is 10.3. The SMILES string of the molecule is CNC(=N)C(C)(C)OC(=O)c1ccncc1. The van der Waals surface area contributed by atoms with Crippen LogP contribution < -0.4 is 5.32 Å². The Morgan fingerprint density at radius 2 is 2.00 bits per heavy atom. The summed E-state index contributed by atoms with van der Waals surface area (Å²) >= 11 is 0. The van der Waals surface area contributed by atoms with Crippen molar-refractivity contribution in [2.45, 2.75) is 19.4 Å². The van der Waals surface area contributed by atoms with Gasteiger partial charge in [0.05, 0.1) is 5.56 Å². The van der Waals surface area contributed by atoms with Crippen LogP contribution in [0.15, 0.2) is 24.5 Å². The number of pyridine rings is 1. The molecule has 0 aliphatic heterocycles. The van der Waals surface area contributed by atoms with Gasteiger partial charge in [-0.05, 0) is 26.0 Å². The Morgan fingerprint density at radius 1 is 1.44 bits per heavy atom. The first-order valence-corrected chi connectivity index (χ1v) is 4.87. The zero-order valence-corrected chi connectivity index (χ0v) is 9.57. The molecule has 0 aromatic carbocycles. The largest absolute Gasteiger partial charge is 0.448 e. The van der Waals surface area contributed by atoms with Crippen LogP contribution in [0.1, 0.15) is 24.2 Å². The Balaban J connectivity index is 2.76. The van der Waals surface area contributed by atoms with E-state index in [1.807, 2.05) is 0 Å². The highest BCUT2D eigenvalue weighted by molar-refractivity contribution is 5.94. The van der Waals surface area contributed by atoms with Crippen molar-refractivity contribution in [3.05, 3.63) is 30.1 Å². The predicted molar refractivity (Wildman–Crippen MR) is 60.5 cm³/mol. The molecule has 0 fully saturated rings. The van der Waals surface area contributed by atoms with E-state index in [2.05, 4.69) is 10.3 Å². The fourth-order valence-corrected chi connectivity index (χ4v) is 1.13. The molecule has 0 aliphatic rings. The number of esters is 1. The van der Waals surface area contributed by atoms with Gasteiger partial charge in [-0.2, -0.15) is 0 Å². The van der Waals surface area contributed by atoms with E-state index in [4.69, 9.17) is 10.1 Å². The first kappa shape index (κ1) is 12.2. The minimum Gasteiger partial charge on any atom is -0.448 e. The summed E-state index contributed by atoms with van der Waals surface area (Å²) in [6.45, 7) is 3.32. The number of hydrogen-bond donors (Lipinski definition) is 2. The van der Waals surface area contributed by atoms with Crippen molar-refractivity contribution in [1.29, 1.82) is 5.41 Å².